The Morgan fingerprint density at radius 3 is 2.09 bits per heavy atom. The van der Waals surface area contributed by atoms with Gasteiger partial charge in [-0.15, -0.1) is 13.0 Å². The maximum absolute atomic E-state index is 12.0. The second-order valence-corrected chi connectivity index (χ2v) is 2.11. The third-order valence-corrected chi connectivity index (χ3v) is 1.23. The average Bonchev–Trinajstić information content (AvgIpc) is 1.86. The molecule has 0 spiro atoms. The summed E-state index contributed by atoms with van der Waals surface area (Å²) in [5, 5.41) is 0. The van der Waals surface area contributed by atoms with Gasteiger partial charge in [0.2, 0.25) is 0 Å². The lowest BCUT2D eigenvalue weighted by Crippen LogP contribution is -2.51. The zero-order valence-electron chi connectivity index (χ0n) is 5.78. The summed E-state index contributed by atoms with van der Waals surface area (Å²) in [5.74, 6) is 1.50. The van der Waals surface area contributed by atoms with E-state index >= 15 is 0 Å². The Labute approximate surface area is 63.1 Å². The molecule has 0 saturated heterocycles. The van der Waals surface area contributed by atoms with E-state index in [2.05, 4.69) is 13.0 Å². The summed E-state index contributed by atoms with van der Waals surface area (Å²) in [6, 6.07) is 0. The first-order valence-corrected chi connectivity index (χ1v) is 2.81. The number of alkyl halides is 3. The van der Waals surface area contributed by atoms with E-state index in [0.717, 1.165) is 6.08 Å². The van der Waals surface area contributed by atoms with E-state index in [1.54, 1.807) is 0 Å². The SMILES string of the molecule is C#CC(N)(CC=C)C(F)(F)F. The van der Waals surface area contributed by atoms with E-state index in [4.69, 9.17) is 5.73 Å². The van der Waals surface area contributed by atoms with Gasteiger partial charge in [0.25, 0.3) is 0 Å². The van der Waals surface area contributed by atoms with Crippen LogP contribution in [0.25, 0.3) is 0 Å². The van der Waals surface area contributed by atoms with Crippen LogP contribution in [0.5, 0.6) is 0 Å². The second kappa shape index (κ2) is 2.97. The summed E-state index contributed by atoms with van der Waals surface area (Å²) in [5.41, 5.74) is 2.29. The Hall–Kier alpha value is -0.950. The fourth-order valence-electron chi connectivity index (χ4n) is 0.484. The predicted octanol–water partition coefficient (Wildman–Crippen LogP) is 1.46. The zero-order chi connectivity index (χ0) is 9.12. The van der Waals surface area contributed by atoms with Crippen LogP contribution >= 0.6 is 0 Å². The molecule has 0 aromatic rings. The summed E-state index contributed by atoms with van der Waals surface area (Å²) in [6.45, 7) is 3.13. The van der Waals surface area contributed by atoms with E-state index in [9.17, 15) is 13.2 Å². The van der Waals surface area contributed by atoms with Crippen LogP contribution in [0.3, 0.4) is 0 Å². The van der Waals surface area contributed by atoms with Crippen LogP contribution in [0.1, 0.15) is 6.42 Å². The first-order chi connectivity index (χ1) is 4.87. The van der Waals surface area contributed by atoms with Crippen LogP contribution in [-0.2, 0) is 0 Å². The van der Waals surface area contributed by atoms with Crippen LogP contribution < -0.4 is 5.73 Å². The normalized spacial score (nSPS) is 16.6. The monoisotopic (exact) mass is 163 g/mol. The first-order valence-electron chi connectivity index (χ1n) is 2.81. The van der Waals surface area contributed by atoms with E-state index < -0.39 is 18.1 Å². The molecule has 0 aliphatic heterocycles. The summed E-state index contributed by atoms with van der Waals surface area (Å²) in [7, 11) is 0. The molecule has 0 rings (SSSR count). The van der Waals surface area contributed by atoms with Crippen molar-refractivity contribution >= 4 is 0 Å². The van der Waals surface area contributed by atoms with Crippen molar-refractivity contribution in [3.8, 4) is 12.3 Å². The molecular weight excluding hydrogens is 155 g/mol. The minimum absolute atomic E-state index is 0.465. The highest BCUT2D eigenvalue weighted by atomic mass is 19.4. The lowest BCUT2D eigenvalue weighted by molar-refractivity contribution is -0.167. The molecule has 1 atom stereocenters. The Kier molecular flexibility index (Phi) is 2.71. The van der Waals surface area contributed by atoms with Gasteiger partial charge in [-0.05, 0) is 0 Å². The predicted molar refractivity (Wildman–Crippen MR) is 36.6 cm³/mol. The van der Waals surface area contributed by atoms with Crippen molar-refractivity contribution < 1.29 is 13.2 Å². The molecule has 62 valence electrons. The Morgan fingerprint density at radius 1 is 1.55 bits per heavy atom. The number of halogens is 3. The minimum Gasteiger partial charge on any atom is -0.307 e. The van der Waals surface area contributed by atoms with Crippen molar-refractivity contribution in [1.82, 2.24) is 0 Å². The van der Waals surface area contributed by atoms with E-state index in [1.165, 1.54) is 5.92 Å². The van der Waals surface area contributed by atoms with Gasteiger partial charge in [0.1, 0.15) is 0 Å². The van der Waals surface area contributed by atoms with E-state index in [-0.39, 0.29) is 0 Å². The first kappa shape index (κ1) is 10.0. The molecule has 0 aliphatic rings. The number of terminal acetylenes is 1. The number of nitrogens with two attached hydrogens (primary N) is 1. The molecule has 0 amide bonds. The van der Waals surface area contributed by atoms with Gasteiger partial charge in [-0.25, -0.2) is 0 Å². The largest absolute Gasteiger partial charge is 0.418 e. The molecule has 0 saturated carbocycles. The van der Waals surface area contributed by atoms with Crippen molar-refractivity contribution in [3.63, 3.8) is 0 Å². The summed E-state index contributed by atoms with van der Waals surface area (Å²) in [6.07, 6.45) is 0.647. The van der Waals surface area contributed by atoms with Gasteiger partial charge in [-0.2, -0.15) is 13.2 Å². The maximum atomic E-state index is 12.0. The molecule has 1 nitrogen and oxygen atoms in total. The smallest absolute Gasteiger partial charge is 0.307 e. The lowest BCUT2D eigenvalue weighted by Gasteiger charge is -2.24. The van der Waals surface area contributed by atoms with Gasteiger partial charge in [0.15, 0.2) is 5.54 Å². The standard InChI is InChI=1S/C7H8F3N/c1-3-5-6(11,4-2)7(8,9)10/h2-3H,1,5,11H2. The molecule has 0 aromatic heterocycles. The highest BCUT2D eigenvalue weighted by Crippen LogP contribution is 2.30. The van der Waals surface area contributed by atoms with Crippen molar-refractivity contribution in [3.05, 3.63) is 12.7 Å². The van der Waals surface area contributed by atoms with Gasteiger partial charge in [0, 0.05) is 6.42 Å². The van der Waals surface area contributed by atoms with Crippen LogP contribution in [0.15, 0.2) is 12.7 Å². The number of rotatable bonds is 2. The zero-order valence-corrected chi connectivity index (χ0v) is 5.78. The van der Waals surface area contributed by atoms with Crippen LogP contribution in [0.4, 0.5) is 13.2 Å². The van der Waals surface area contributed by atoms with Gasteiger partial charge in [0.05, 0.1) is 0 Å². The molecule has 0 aromatic carbocycles. The number of hydrogen-bond donors (Lipinski definition) is 1. The van der Waals surface area contributed by atoms with E-state index in [0.29, 0.717) is 0 Å². The summed E-state index contributed by atoms with van der Waals surface area (Å²) >= 11 is 0. The minimum atomic E-state index is -4.57. The fourth-order valence-corrected chi connectivity index (χ4v) is 0.484. The van der Waals surface area contributed by atoms with Crippen molar-refractivity contribution in [2.75, 3.05) is 0 Å². The molecule has 11 heavy (non-hydrogen) atoms. The Balaban J connectivity index is 4.63. The second-order valence-electron chi connectivity index (χ2n) is 2.11. The van der Waals surface area contributed by atoms with Gasteiger partial charge in [-0.1, -0.05) is 12.0 Å². The van der Waals surface area contributed by atoms with Gasteiger partial charge in [-0.3, -0.25) is 0 Å². The third-order valence-electron chi connectivity index (χ3n) is 1.23. The van der Waals surface area contributed by atoms with Gasteiger partial charge < -0.3 is 5.73 Å². The van der Waals surface area contributed by atoms with Crippen molar-refractivity contribution in [2.45, 2.75) is 18.1 Å². The summed E-state index contributed by atoms with van der Waals surface area (Å²) in [4.78, 5) is 0. The molecule has 0 aliphatic carbocycles. The molecule has 1 unspecified atom stereocenters. The average molecular weight is 163 g/mol. The quantitative estimate of drug-likeness (QED) is 0.484. The maximum Gasteiger partial charge on any atom is 0.418 e. The Morgan fingerprint density at radius 2 is 2.00 bits per heavy atom. The fraction of sp³-hybridized carbons (Fsp3) is 0.429. The molecular formula is C7H8F3N. The van der Waals surface area contributed by atoms with E-state index in [1.807, 2.05) is 0 Å². The molecule has 0 fully saturated rings. The van der Waals surface area contributed by atoms with Crippen molar-refractivity contribution in [1.29, 1.82) is 0 Å². The molecule has 0 bridgehead atoms. The number of hydrogen-bond acceptors (Lipinski definition) is 1. The lowest BCUT2D eigenvalue weighted by atomic mass is 9.97. The molecule has 0 heterocycles. The van der Waals surface area contributed by atoms with Gasteiger partial charge >= 0.3 is 6.18 Å². The molecule has 0 radical (unpaired) electrons. The highest BCUT2D eigenvalue weighted by molar-refractivity contribution is 5.17. The molecule has 2 N–H and O–H groups in total. The van der Waals surface area contributed by atoms with Crippen LogP contribution in [-0.4, -0.2) is 11.7 Å². The molecule has 4 heteroatoms. The highest BCUT2D eigenvalue weighted by Gasteiger charge is 2.49. The van der Waals surface area contributed by atoms with Crippen molar-refractivity contribution in [2.24, 2.45) is 5.73 Å². The van der Waals surface area contributed by atoms with Crippen LogP contribution in [0.2, 0.25) is 0 Å². The Bertz CT molecular complexity index is 189. The topological polar surface area (TPSA) is 26.0 Å². The third kappa shape index (κ3) is 1.99. The van der Waals surface area contributed by atoms with Crippen LogP contribution in [0, 0.1) is 12.3 Å². The summed E-state index contributed by atoms with van der Waals surface area (Å²) < 4.78 is 35.9.